The molecule has 6 heteroatoms. The van der Waals surface area contributed by atoms with Gasteiger partial charge in [-0.15, -0.1) is 6.58 Å². The Morgan fingerprint density at radius 2 is 2.14 bits per heavy atom. The van der Waals surface area contributed by atoms with Crippen LogP contribution in [0.5, 0.6) is 0 Å². The maximum absolute atomic E-state index is 12.4. The third-order valence-corrected chi connectivity index (χ3v) is 4.09. The molecule has 21 heavy (non-hydrogen) atoms. The normalized spacial score (nSPS) is 29.1. The highest BCUT2D eigenvalue weighted by atomic mass is 32.1. The molecule has 3 atom stereocenters. The Labute approximate surface area is 131 Å². The van der Waals surface area contributed by atoms with Crippen LogP contribution in [-0.4, -0.2) is 52.6 Å². The minimum Gasteiger partial charge on any atom is -0.488 e. The standard InChI is InChI=1S/C15H25NO4S/c1-7-8-15(5)10(17)9-16(11(15)12(21)19-6)13(18)20-14(2,3)4/h7,10-11,17H,1,8-9H2,2-6H3/t10-,11-,15-/m1/s1. The molecule has 1 aliphatic rings. The van der Waals surface area contributed by atoms with Crippen molar-refractivity contribution in [3.05, 3.63) is 12.7 Å². The maximum Gasteiger partial charge on any atom is 0.411 e. The van der Waals surface area contributed by atoms with Gasteiger partial charge >= 0.3 is 6.09 Å². The highest BCUT2D eigenvalue weighted by Crippen LogP contribution is 2.41. The van der Waals surface area contributed by atoms with Gasteiger partial charge < -0.3 is 14.6 Å². The second-order valence-corrected chi connectivity index (χ2v) is 6.98. The number of methoxy groups -OCH3 is 1. The van der Waals surface area contributed by atoms with Gasteiger partial charge in [-0.25, -0.2) is 4.79 Å². The molecule has 1 saturated heterocycles. The summed E-state index contributed by atoms with van der Waals surface area (Å²) < 4.78 is 10.6. The van der Waals surface area contributed by atoms with Crippen molar-refractivity contribution in [3.8, 4) is 0 Å². The molecule has 1 heterocycles. The Balaban J connectivity index is 3.11. The van der Waals surface area contributed by atoms with Crippen molar-refractivity contribution < 1.29 is 19.4 Å². The van der Waals surface area contributed by atoms with Gasteiger partial charge in [-0.3, -0.25) is 4.90 Å². The second-order valence-electron chi connectivity index (χ2n) is 6.57. The molecule has 0 aliphatic carbocycles. The predicted molar refractivity (Wildman–Crippen MR) is 85.3 cm³/mol. The van der Waals surface area contributed by atoms with Crippen molar-refractivity contribution in [2.24, 2.45) is 5.41 Å². The van der Waals surface area contributed by atoms with Crippen molar-refractivity contribution in [2.45, 2.75) is 51.9 Å². The molecule has 0 unspecified atom stereocenters. The van der Waals surface area contributed by atoms with E-state index in [-0.39, 0.29) is 11.6 Å². The summed E-state index contributed by atoms with van der Waals surface area (Å²) >= 11 is 5.25. The second kappa shape index (κ2) is 6.32. The lowest BCUT2D eigenvalue weighted by Gasteiger charge is -2.35. The number of aliphatic hydroxyl groups excluding tert-OH is 1. The summed E-state index contributed by atoms with van der Waals surface area (Å²) in [6.07, 6.45) is 1.01. The molecular weight excluding hydrogens is 290 g/mol. The number of thiocarbonyl (C=S) groups is 1. The summed E-state index contributed by atoms with van der Waals surface area (Å²) in [5, 5.41) is 10.7. The molecule has 1 aliphatic heterocycles. The van der Waals surface area contributed by atoms with Crippen LogP contribution in [-0.2, 0) is 9.47 Å². The van der Waals surface area contributed by atoms with Crippen LogP contribution in [0.25, 0.3) is 0 Å². The van der Waals surface area contributed by atoms with Crippen LogP contribution in [0.3, 0.4) is 0 Å². The van der Waals surface area contributed by atoms with Gasteiger partial charge in [0, 0.05) is 5.41 Å². The lowest BCUT2D eigenvalue weighted by atomic mass is 9.77. The summed E-state index contributed by atoms with van der Waals surface area (Å²) in [7, 11) is 1.47. The zero-order valence-electron chi connectivity index (χ0n) is 13.4. The summed E-state index contributed by atoms with van der Waals surface area (Å²) in [4.78, 5) is 13.8. The first-order valence-corrected chi connectivity index (χ1v) is 7.34. The summed E-state index contributed by atoms with van der Waals surface area (Å²) in [6.45, 7) is 11.1. The van der Waals surface area contributed by atoms with Crippen LogP contribution < -0.4 is 0 Å². The molecule has 1 amide bonds. The van der Waals surface area contributed by atoms with E-state index in [1.54, 1.807) is 26.8 Å². The smallest absolute Gasteiger partial charge is 0.411 e. The SMILES string of the molecule is C=CC[C@]1(C)[C@H](O)CN(C(=O)OC(C)(C)C)[C@@H]1C(=S)OC. The molecule has 1 N–H and O–H groups in total. The average Bonchev–Trinajstić information content (AvgIpc) is 2.60. The van der Waals surface area contributed by atoms with E-state index in [0.717, 1.165) is 0 Å². The first kappa shape index (κ1) is 17.9. The number of β-amino-alcohol motifs (C(OH)–C–C–N with tert-alkyl or cyclic N) is 1. The van der Waals surface area contributed by atoms with E-state index in [4.69, 9.17) is 21.7 Å². The minimum atomic E-state index is -0.721. The molecule has 0 aromatic heterocycles. The Bertz CT molecular complexity index is 432. The van der Waals surface area contributed by atoms with E-state index < -0.39 is 29.3 Å². The number of hydrogen-bond acceptors (Lipinski definition) is 5. The molecule has 0 spiro atoms. The molecule has 1 rings (SSSR count). The molecule has 0 aromatic rings. The van der Waals surface area contributed by atoms with Crippen LogP contribution in [0.2, 0.25) is 0 Å². The minimum absolute atomic E-state index is 0.160. The number of amides is 1. The van der Waals surface area contributed by atoms with Crippen molar-refractivity contribution in [1.29, 1.82) is 0 Å². The van der Waals surface area contributed by atoms with Crippen LogP contribution in [0, 0.1) is 5.41 Å². The Morgan fingerprint density at radius 1 is 1.57 bits per heavy atom. The molecule has 0 saturated carbocycles. The lowest BCUT2D eigenvalue weighted by Crippen LogP contribution is -2.49. The van der Waals surface area contributed by atoms with Crippen LogP contribution in [0.4, 0.5) is 4.79 Å². The molecule has 0 bridgehead atoms. The summed E-state index contributed by atoms with van der Waals surface area (Å²) in [5.41, 5.74) is -1.25. The third-order valence-electron chi connectivity index (χ3n) is 3.70. The number of rotatable bonds is 3. The van der Waals surface area contributed by atoms with E-state index in [2.05, 4.69) is 6.58 Å². The Kier molecular flexibility index (Phi) is 5.39. The Hall–Kier alpha value is -1.14. The number of nitrogens with zero attached hydrogens (tertiary/aromatic N) is 1. The van der Waals surface area contributed by atoms with Crippen LogP contribution in [0.1, 0.15) is 34.1 Å². The largest absolute Gasteiger partial charge is 0.488 e. The molecule has 1 fully saturated rings. The number of aliphatic hydroxyl groups is 1. The quantitative estimate of drug-likeness (QED) is 0.640. The lowest BCUT2D eigenvalue weighted by molar-refractivity contribution is 0.0220. The van der Waals surface area contributed by atoms with E-state index in [9.17, 15) is 9.90 Å². The molecule has 5 nitrogen and oxygen atoms in total. The topological polar surface area (TPSA) is 59.0 Å². The zero-order valence-corrected chi connectivity index (χ0v) is 14.2. The highest BCUT2D eigenvalue weighted by molar-refractivity contribution is 7.80. The molecule has 0 aromatic carbocycles. The Morgan fingerprint density at radius 3 is 2.57 bits per heavy atom. The van der Waals surface area contributed by atoms with Crippen LogP contribution in [0.15, 0.2) is 12.7 Å². The van der Waals surface area contributed by atoms with Crippen molar-refractivity contribution >= 4 is 23.4 Å². The monoisotopic (exact) mass is 315 g/mol. The fourth-order valence-corrected chi connectivity index (χ4v) is 3.00. The zero-order chi connectivity index (χ0) is 16.4. The number of likely N-dealkylation sites (tertiary alicyclic amines) is 1. The summed E-state index contributed by atoms with van der Waals surface area (Å²) in [5.74, 6) is 0. The highest BCUT2D eigenvalue weighted by Gasteiger charge is 2.54. The predicted octanol–water partition coefficient (Wildman–Crippen LogP) is 2.52. The first-order chi connectivity index (χ1) is 9.56. The van der Waals surface area contributed by atoms with E-state index in [1.807, 2.05) is 6.92 Å². The number of carbonyl (C=O) groups excluding carboxylic acids is 1. The summed E-state index contributed by atoms with van der Waals surface area (Å²) in [6, 6.07) is -0.527. The van der Waals surface area contributed by atoms with Gasteiger partial charge in [0.2, 0.25) is 0 Å². The fourth-order valence-electron chi connectivity index (χ4n) is 2.61. The van der Waals surface area contributed by atoms with E-state index in [1.165, 1.54) is 12.0 Å². The van der Waals surface area contributed by atoms with Gasteiger partial charge in [-0.1, -0.05) is 13.0 Å². The van der Waals surface area contributed by atoms with Crippen molar-refractivity contribution in [2.75, 3.05) is 13.7 Å². The molecular formula is C15H25NO4S. The fraction of sp³-hybridized carbons (Fsp3) is 0.733. The number of ether oxygens (including phenoxy) is 2. The third kappa shape index (κ3) is 3.74. The van der Waals surface area contributed by atoms with Crippen molar-refractivity contribution in [3.63, 3.8) is 0 Å². The van der Waals surface area contributed by atoms with Gasteiger partial charge in [-0.2, -0.15) is 0 Å². The van der Waals surface area contributed by atoms with E-state index >= 15 is 0 Å². The maximum atomic E-state index is 12.4. The van der Waals surface area contributed by atoms with Crippen LogP contribution >= 0.6 is 12.2 Å². The molecule has 120 valence electrons. The first-order valence-electron chi connectivity index (χ1n) is 6.93. The van der Waals surface area contributed by atoms with Gasteiger partial charge in [0.25, 0.3) is 0 Å². The van der Waals surface area contributed by atoms with Crippen molar-refractivity contribution in [1.82, 2.24) is 4.90 Å². The van der Waals surface area contributed by atoms with Gasteiger partial charge in [0.1, 0.15) is 11.6 Å². The van der Waals surface area contributed by atoms with Gasteiger partial charge in [0.05, 0.1) is 19.8 Å². The number of allylic oxidation sites excluding steroid dienone is 1. The average molecular weight is 315 g/mol. The molecule has 0 radical (unpaired) electrons. The number of hydrogen-bond donors (Lipinski definition) is 1. The van der Waals surface area contributed by atoms with E-state index in [0.29, 0.717) is 6.42 Å². The van der Waals surface area contributed by atoms with Gasteiger partial charge in [0.15, 0.2) is 5.05 Å². The van der Waals surface area contributed by atoms with Gasteiger partial charge in [-0.05, 0) is 39.4 Å². The number of carbonyl (C=O) groups is 1.